The third-order valence-corrected chi connectivity index (χ3v) is 5.92. The Bertz CT molecular complexity index is 805. The van der Waals surface area contributed by atoms with E-state index in [4.69, 9.17) is 22.4 Å². The van der Waals surface area contributed by atoms with Gasteiger partial charge in [0.05, 0.1) is 10.6 Å². The van der Waals surface area contributed by atoms with Crippen molar-refractivity contribution in [3.05, 3.63) is 34.3 Å². The zero-order chi connectivity index (χ0) is 20.6. The Kier molecular flexibility index (Phi) is 5.70. The van der Waals surface area contributed by atoms with Crippen molar-refractivity contribution in [2.75, 3.05) is 6.54 Å². The Hall–Kier alpha value is -2.09. The number of nitrogens with one attached hydrogen (secondary N) is 2. The molecule has 28 heavy (non-hydrogen) atoms. The Morgan fingerprint density at radius 2 is 1.93 bits per heavy atom. The molecule has 3 rings (SSSR count). The summed E-state index contributed by atoms with van der Waals surface area (Å²) in [6, 6.07) is 3.25. The van der Waals surface area contributed by atoms with Gasteiger partial charge >= 0.3 is 6.18 Å². The van der Waals surface area contributed by atoms with Crippen molar-refractivity contribution >= 4 is 29.2 Å². The standard InChI is InChI=1S/C19H22ClF3N4O/c1-11-9-27(16(24)12-5-2-3-6-12)17(25)18(28)26(11)10-13-7-4-8-14(15(13)20)19(21,22)23/h4,7-8,11-12,24-25H,2-3,5-6,9-10H2,1H3. The quantitative estimate of drug-likeness (QED) is 0.563. The van der Waals surface area contributed by atoms with E-state index in [2.05, 4.69) is 0 Å². The van der Waals surface area contributed by atoms with Crippen molar-refractivity contribution in [1.82, 2.24) is 9.80 Å². The molecule has 2 fully saturated rings. The summed E-state index contributed by atoms with van der Waals surface area (Å²) in [5, 5.41) is 16.2. The van der Waals surface area contributed by atoms with Gasteiger partial charge in [0, 0.05) is 25.0 Å². The highest BCUT2D eigenvalue weighted by Gasteiger charge is 2.39. The number of hydrogen-bond donors (Lipinski definition) is 2. The Morgan fingerprint density at radius 3 is 2.54 bits per heavy atom. The van der Waals surface area contributed by atoms with Gasteiger partial charge in [-0.15, -0.1) is 0 Å². The van der Waals surface area contributed by atoms with Crippen LogP contribution in [0.2, 0.25) is 5.02 Å². The second-order valence-corrected chi connectivity index (χ2v) is 7.76. The van der Waals surface area contributed by atoms with Gasteiger partial charge in [0.2, 0.25) is 0 Å². The largest absolute Gasteiger partial charge is 0.417 e. The van der Waals surface area contributed by atoms with E-state index in [1.807, 2.05) is 0 Å². The van der Waals surface area contributed by atoms with Gasteiger partial charge in [0.1, 0.15) is 5.84 Å². The van der Waals surface area contributed by atoms with Crippen LogP contribution in [0.1, 0.15) is 43.7 Å². The van der Waals surface area contributed by atoms with Gasteiger partial charge in [-0.1, -0.05) is 36.6 Å². The van der Waals surface area contributed by atoms with E-state index in [9.17, 15) is 18.0 Å². The normalized spacial score (nSPS) is 21.5. The monoisotopic (exact) mass is 414 g/mol. The molecule has 1 saturated carbocycles. The lowest BCUT2D eigenvalue weighted by Crippen LogP contribution is -2.60. The number of amidine groups is 2. The summed E-state index contributed by atoms with van der Waals surface area (Å²) in [5.74, 6) is -0.558. The zero-order valence-corrected chi connectivity index (χ0v) is 16.2. The van der Waals surface area contributed by atoms with Crippen molar-refractivity contribution in [1.29, 1.82) is 10.8 Å². The molecular formula is C19H22ClF3N4O. The second kappa shape index (κ2) is 7.73. The van der Waals surface area contributed by atoms with Gasteiger partial charge in [-0.2, -0.15) is 13.2 Å². The van der Waals surface area contributed by atoms with Crippen LogP contribution >= 0.6 is 11.6 Å². The summed E-state index contributed by atoms with van der Waals surface area (Å²) < 4.78 is 39.2. The lowest BCUT2D eigenvalue weighted by molar-refractivity contribution is -0.137. The first kappa shape index (κ1) is 20.6. The van der Waals surface area contributed by atoms with Gasteiger partial charge in [0.15, 0.2) is 5.84 Å². The van der Waals surface area contributed by atoms with E-state index < -0.39 is 22.7 Å². The number of halogens is 4. The maximum atomic E-state index is 13.1. The van der Waals surface area contributed by atoms with Crippen molar-refractivity contribution in [3.8, 4) is 0 Å². The minimum absolute atomic E-state index is 0.0600. The summed E-state index contributed by atoms with van der Waals surface area (Å²) in [6.07, 6.45) is -0.732. The molecule has 2 aliphatic rings. The number of carbonyl (C=O) groups is 1. The molecule has 1 unspecified atom stereocenters. The molecule has 0 aromatic heterocycles. The van der Waals surface area contributed by atoms with Crippen LogP contribution in [-0.2, 0) is 17.5 Å². The van der Waals surface area contributed by atoms with Gasteiger partial charge in [-0.05, 0) is 31.4 Å². The van der Waals surface area contributed by atoms with E-state index in [1.54, 1.807) is 6.92 Å². The highest BCUT2D eigenvalue weighted by atomic mass is 35.5. The maximum Gasteiger partial charge on any atom is 0.417 e. The molecule has 5 nitrogen and oxygen atoms in total. The van der Waals surface area contributed by atoms with Crippen LogP contribution in [0.25, 0.3) is 0 Å². The van der Waals surface area contributed by atoms with Crippen molar-refractivity contribution in [3.63, 3.8) is 0 Å². The summed E-state index contributed by atoms with van der Waals surface area (Å²) in [6.45, 7) is 1.92. The van der Waals surface area contributed by atoms with Gasteiger partial charge < -0.3 is 9.80 Å². The smallest absolute Gasteiger partial charge is 0.327 e. The summed E-state index contributed by atoms with van der Waals surface area (Å²) in [4.78, 5) is 15.5. The SMILES string of the molecule is CC1CN(C(=N)C2CCCC2)C(=N)C(=O)N1Cc1cccc(C(F)(F)F)c1Cl. The molecule has 2 N–H and O–H groups in total. The lowest BCUT2D eigenvalue weighted by Gasteiger charge is -2.41. The number of alkyl halides is 3. The zero-order valence-electron chi connectivity index (χ0n) is 15.4. The number of nitrogens with zero attached hydrogens (tertiary/aromatic N) is 2. The highest BCUT2D eigenvalue weighted by Crippen LogP contribution is 2.37. The second-order valence-electron chi connectivity index (χ2n) is 7.38. The average Bonchev–Trinajstić information content (AvgIpc) is 3.16. The predicted octanol–water partition coefficient (Wildman–Crippen LogP) is 4.54. The van der Waals surface area contributed by atoms with E-state index in [-0.39, 0.29) is 36.4 Å². The molecule has 1 atom stereocenters. The number of piperazine rings is 1. The van der Waals surface area contributed by atoms with Crippen LogP contribution in [0.15, 0.2) is 18.2 Å². The molecule has 0 bridgehead atoms. The Morgan fingerprint density at radius 1 is 1.29 bits per heavy atom. The first-order valence-corrected chi connectivity index (χ1v) is 9.59. The third-order valence-electron chi connectivity index (χ3n) is 5.47. The van der Waals surface area contributed by atoms with Crippen LogP contribution in [-0.4, -0.2) is 40.0 Å². The summed E-state index contributed by atoms with van der Waals surface area (Å²) in [7, 11) is 0. The number of amides is 1. The minimum atomic E-state index is -4.58. The molecule has 1 aliphatic heterocycles. The van der Waals surface area contributed by atoms with Crippen LogP contribution in [0.5, 0.6) is 0 Å². The van der Waals surface area contributed by atoms with Crippen LogP contribution in [0.4, 0.5) is 13.2 Å². The van der Waals surface area contributed by atoms with Gasteiger partial charge in [-0.3, -0.25) is 15.6 Å². The Balaban J connectivity index is 1.79. The number of benzene rings is 1. The van der Waals surface area contributed by atoms with E-state index in [0.29, 0.717) is 5.84 Å². The summed E-state index contributed by atoms with van der Waals surface area (Å²) in [5.41, 5.74) is -0.757. The van der Waals surface area contributed by atoms with E-state index in [1.165, 1.54) is 21.9 Å². The van der Waals surface area contributed by atoms with Crippen molar-refractivity contribution < 1.29 is 18.0 Å². The molecule has 0 spiro atoms. The van der Waals surface area contributed by atoms with E-state index >= 15 is 0 Å². The van der Waals surface area contributed by atoms with Crippen molar-refractivity contribution in [2.45, 2.75) is 51.4 Å². The van der Waals surface area contributed by atoms with Crippen LogP contribution in [0, 0.1) is 16.7 Å². The van der Waals surface area contributed by atoms with Crippen molar-refractivity contribution in [2.24, 2.45) is 5.92 Å². The molecule has 1 aliphatic carbocycles. The fourth-order valence-corrected chi connectivity index (χ4v) is 4.17. The highest BCUT2D eigenvalue weighted by molar-refractivity contribution is 6.39. The Labute approximate surface area is 166 Å². The van der Waals surface area contributed by atoms with E-state index in [0.717, 1.165) is 31.7 Å². The molecule has 0 radical (unpaired) electrons. The fraction of sp³-hybridized carbons (Fsp3) is 0.526. The molecule has 9 heteroatoms. The fourth-order valence-electron chi connectivity index (χ4n) is 3.88. The maximum absolute atomic E-state index is 13.1. The molecule has 1 saturated heterocycles. The molecule has 1 amide bonds. The topological polar surface area (TPSA) is 71.2 Å². The first-order valence-electron chi connectivity index (χ1n) is 9.21. The number of carbonyl (C=O) groups excluding carboxylic acids is 1. The first-order chi connectivity index (χ1) is 13.1. The van der Waals surface area contributed by atoms with Gasteiger partial charge in [-0.25, -0.2) is 0 Å². The van der Waals surface area contributed by atoms with Gasteiger partial charge in [0.25, 0.3) is 5.91 Å². The average molecular weight is 415 g/mol. The number of hydrogen-bond acceptors (Lipinski definition) is 3. The molecule has 152 valence electrons. The van der Waals surface area contributed by atoms with Crippen LogP contribution in [0.3, 0.4) is 0 Å². The third kappa shape index (κ3) is 3.87. The number of rotatable bonds is 3. The predicted molar refractivity (Wildman–Crippen MR) is 101 cm³/mol. The molecule has 1 heterocycles. The molecule has 1 aromatic rings. The van der Waals surface area contributed by atoms with Crippen LogP contribution < -0.4 is 0 Å². The molecule has 1 aromatic carbocycles. The summed E-state index contributed by atoms with van der Waals surface area (Å²) >= 11 is 5.95. The lowest BCUT2D eigenvalue weighted by atomic mass is 10.0. The minimum Gasteiger partial charge on any atom is -0.327 e. The molecular weight excluding hydrogens is 393 g/mol.